The van der Waals surface area contributed by atoms with Gasteiger partial charge < -0.3 is 0 Å². The zero-order chi connectivity index (χ0) is 17.7. The van der Waals surface area contributed by atoms with Crippen LogP contribution >= 0.6 is 0 Å². The van der Waals surface area contributed by atoms with Gasteiger partial charge in [-0.25, -0.2) is 8.42 Å². The molecule has 1 heterocycles. The van der Waals surface area contributed by atoms with Gasteiger partial charge in [0.25, 0.3) is 0 Å². The molecule has 0 bridgehead atoms. The second-order valence-electron chi connectivity index (χ2n) is 8.32. The molecule has 0 aromatic heterocycles. The highest BCUT2D eigenvalue weighted by molar-refractivity contribution is 7.89. The number of sulfonamides is 1. The molecule has 4 heteroatoms. The molecule has 1 aromatic rings. The largest absolute Gasteiger partial charge is 0.244 e. The van der Waals surface area contributed by atoms with Crippen LogP contribution in [0.3, 0.4) is 0 Å². The fraction of sp³-hybridized carbons (Fsp3) is 0.684. The van der Waals surface area contributed by atoms with Crippen molar-refractivity contribution in [2.24, 2.45) is 0 Å². The smallest absolute Gasteiger partial charge is 0.207 e. The van der Waals surface area contributed by atoms with Crippen LogP contribution in [0.25, 0.3) is 0 Å². The van der Waals surface area contributed by atoms with E-state index in [1.54, 1.807) is 4.31 Å². The van der Waals surface area contributed by atoms with Crippen molar-refractivity contribution in [1.82, 2.24) is 4.31 Å². The van der Waals surface area contributed by atoms with Gasteiger partial charge in [0.1, 0.15) is 0 Å². The lowest BCUT2D eigenvalue weighted by Gasteiger charge is -2.23. The lowest BCUT2D eigenvalue weighted by molar-refractivity contribution is 0.526. The van der Waals surface area contributed by atoms with Crippen molar-refractivity contribution < 1.29 is 8.42 Å². The second-order valence-corrected chi connectivity index (χ2v) is 10.1. The molecule has 0 saturated carbocycles. The Balaban J connectivity index is 2.75. The molecule has 1 atom stereocenters. The summed E-state index contributed by atoms with van der Waals surface area (Å²) in [4.78, 5) is 0.553. The summed E-state index contributed by atoms with van der Waals surface area (Å²) in [5, 5.41) is 0. The van der Waals surface area contributed by atoms with Crippen LogP contribution < -0.4 is 0 Å². The fourth-order valence-electron chi connectivity index (χ4n) is 3.02. The Bertz CT molecular complexity index is 671. The van der Waals surface area contributed by atoms with E-state index in [9.17, 15) is 8.42 Å². The zero-order valence-corrected chi connectivity index (χ0v) is 16.6. The maximum absolute atomic E-state index is 13.3. The molecule has 1 unspecified atom stereocenters. The van der Waals surface area contributed by atoms with Crippen molar-refractivity contribution in [3.63, 3.8) is 0 Å². The minimum Gasteiger partial charge on any atom is -0.207 e. The van der Waals surface area contributed by atoms with E-state index >= 15 is 0 Å². The summed E-state index contributed by atoms with van der Waals surface area (Å²) in [5.74, 6) is 0.748. The third-order valence-electron chi connectivity index (χ3n) is 4.73. The van der Waals surface area contributed by atoms with E-state index in [2.05, 4.69) is 53.7 Å². The van der Waals surface area contributed by atoms with Gasteiger partial charge in [-0.2, -0.15) is 4.31 Å². The summed E-state index contributed by atoms with van der Waals surface area (Å²) in [6.45, 7) is 17.2. The molecule has 2 rings (SSSR count). The highest BCUT2D eigenvalue weighted by Gasteiger charge is 2.52. The van der Waals surface area contributed by atoms with Crippen LogP contribution in [0.1, 0.15) is 89.8 Å². The van der Waals surface area contributed by atoms with Gasteiger partial charge in [0.05, 0.1) is 4.90 Å². The first kappa shape index (κ1) is 18.5. The Morgan fingerprint density at radius 1 is 0.913 bits per heavy atom. The third-order valence-corrected chi connectivity index (χ3v) is 6.92. The third kappa shape index (κ3) is 3.34. The molecule has 1 aliphatic rings. The van der Waals surface area contributed by atoms with E-state index < -0.39 is 10.0 Å². The van der Waals surface area contributed by atoms with Crippen molar-refractivity contribution in [2.75, 3.05) is 6.54 Å². The molecule has 130 valence electrons. The van der Waals surface area contributed by atoms with Gasteiger partial charge in [-0.3, -0.25) is 0 Å². The molecule has 0 amide bonds. The Hall–Kier alpha value is -0.870. The topological polar surface area (TPSA) is 37.1 Å². The molecular formula is C19H31NO2S. The van der Waals surface area contributed by atoms with Crippen LogP contribution in [0.2, 0.25) is 0 Å². The first-order valence-corrected chi connectivity index (χ1v) is 10.0. The predicted octanol–water partition coefficient (Wildman–Crippen LogP) is 4.84. The van der Waals surface area contributed by atoms with Crippen molar-refractivity contribution in [1.29, 1.82) is 0 Å². The van der Waals surface area contributed by atoms with E-state index in [1.807, 2.05) is 13.8 Å². The summed E-state index contributed by atoms with van der Waals surface area (Å²) in [5.41, 5.74) is 2.89. The quantitative estimate of drug-likeness (QED) is 0.721. The Kier molecular flexibility index (Phi) is 4.73. The van der Waals surface area contributed by atoms with Gasteiger partial charge in [-0.15, -0.1) is 0 Å². The average molecular weight is 338 g/mol. The minimum absolute atomic E-state index is 0.180. The van der Waals surface area contributed by atoms with E-state index in [0.29, 0.717) is 17.4 Å². The lowest BCUT2D eigenvalue weighted by atomic mass is 9.89. The molecule has 1 fully saturated rings. The molecular weight excluding hydrogens is 306 g/mol. The number of hydrogen-bond acceptors (Lipinski definition) is 2. The Labute approximate surface area is 142 Å². The minimum atomic E-state index is -3.43. The maximum atomic E-state index is 13.3. The highest BCUT2D eigenvalue weighted by atomic mass is 32.2. The standard InChI is InChI=1S/C19H31NO2S/c1-12(2)15-9-16(13(3)4)18(17(10-15)14(5)6)23(21,22)20-11-19(20,7)8/h9-10,12-14H,11H2,1-8H3. The van der Waals surface area contributed by atoms with E-state index in [0.717, 1.165) is 11.1 Å². The molecule has 1 aliphatic heterocycles. The number of nitrogens with zero attached hydrogens (tertiary/aromatic N) is 1. The van der Waals surface area contributed by atoms with Gasteiger partial charge in [-0.1, -0.05) is 53.7 Å². The maximum Gasteiger partial charge on any atom is 0.244 e. The van der Waals surface area contributed by atoms with E-state index in [-0.39, 0.29) is 17.4 Å². The molecule has 0 N–H and O–H groups in total. The fourth-order valence-corrected chi connectivity index (χ4v) is 5.57. The molecule has 1 saturated heterocycles. The van der Waals surface area contributed by atoms with Crippen LogP contribution in [0.15, 0.2) is 17.0 Å². The number of rotatable bonds is 5. The van der Waals surface area contributed by atoms with Crippen LogP contribution in [-0.4, -0.2) is 24.8 Å². The second kappa shape index (κ2) is 5.89. The predicted molar refractivity (Wildman–Crippen MR) is 96.7 cm³/mol. The van der Waals surface area contributed by atoms with Gasteiger partial charge in [0, 0.05) is 12.1 Å². The summed E-state index contributed by atoms with van der Waals surface area (Å²) >= 11 is 0. The van der Waals surface area contributed by atoms with Gasteiger partial charge >= 0.3 is 0 Å². The Morgan fingerprint density at radius 2 is 1.30 bits per heavy atom. The van der Waals surface area contributed by atoms with Gasteiger partial charge in [-0.05, 0) is 48.3 Å². The van der Waals surface area contributed by atoms with Gasteiger partial charge in [0.15, 0.2) is 0 Å². The summed E-state index contributed by atoms with van der Waals surface area (Å²) in [6, 6.07) is 4.20. The number of benzene rings is 1. The van der Waals surface area contributed by atoms with Crippen molar-refractivity contribution >= 4 is 10.0 Å². The molecule has 0 spiro atoms. The first-order chi connectivity index (χ1) is 10.4. The molecule has 23 heavy (non-hydrogen) atoms. The van der Waals surface area contributed by atoms with Crippen LogP contribution in [-0.2, 0) is 10.0 Å². The average Bonchev–Trinajstić information content (AvgIpc) is 3.07. The monoisotopic (exact) mass is 337 g/mol. The lowest BCUT2D eigenvalue weighted by Crippen LogP contribution is -2.22. The van der Waals surface area contributed by atoms with Gasteiger partial charge in [0.2, 0.25) is 10.0 Å². The highest BCUT2D eigenvalue weighted by Crippen LogP contribution is 2.43. The van der Waals surface area contributed by atoms with Crippen LogP contribution in [0.5, 0.6) is 0 Å². The Morgan fingerprint density at radius 3 is 1.57 bits per heavy atom. The SMILES string of the molecule is CC(C)c1cc(C(C)C)c(S(=O)(=O)N2CC2(C)C)c(C(C)C)c1. The molecule has 1 aromatic carbocycles. The van der Waals surface area contributed by atoms with Crippen LogP contribution in [0, 0.1) is 0 Å². The molecule has 3 nitrogen and oxygen atoms in total. The van der Waals surface area contributed by atoms with Crippen molar-refractivity contribution in [2.45, 2.75) is 83.6 Å². The van der Waals surface area contributed by atoms with E-state index in [1.165, 1.54) is 5.56 Å². The van der Waals surface area contributed by atoms with Crippen molar-refractivity contribution in [3.8, 4) is 0 Å². The molecule has 0 aliphatic carbocycles. The normalized spacial score (nSPS) is 20.6. The number of hydrogen-bond donors (Lipinski definition) is 0. The summed E-state index contributed by atoms with van der Waals surface area (Å²) in [6.07, 6.45) is 0. The summed E-state index contributed by atoms with van der Waals surface area (Å²) in [7, 11) is -3.43. The van der Waals surface area contributed by atoms with Crippen LogP contribution in [0.4, 0.5) is 0 Å². The van der Waals surface area contributed by atoms with Crippen molar-refractivity contribution in [3.05, 3.63) is 28.8 Å². The first-order valence-electron chi connectivity index (χ1n) is 8.60. The van der Waals surface area contributed by atoms with E-state index in [4.69, 9.17) is 0 Å². The molecule has 0 radical (unpaired) electrons. The summed E-state index contributed by atoms with van der Waals surface area (Å²) < 4.78 is 28.2. The zero-order valence-electron chi connectivity index (χ0n) is 15.8.